The van der Waals surface area contributed by atoms with Gasteiger partial charge in [-0.1, -0.05) is 24.3 Å². The molecule has 2 heterocycles. The van der Waals surface area contributed by atoms with Crippen molar-refractivity contribution in [3.63, 3.8) is 0 Å². The summed E-state index contributed by atoms with van der Waals surface area (Å²) in [6.07, 6.45) is 5.89. The zero-order chi connectivity index (χ0) is 17.7. The monoisotopic (exact) mass is 354 g/mol. The number of rotatable bonds is 3. The second-order valence-corrected chi connectivity index (χ2v) is 8.63. The van der Waals surface area contributed by atoms with Gasteiger partial charge in [-0.05, 0) is 61.5 Å². The first-order valence-electron chi connectivity index (χ1n) is 9.95. The van der Waals surface area contributed by atoms with E-state index < -0.39 is 0 Å². The normalized spacial score (nSPS) is 31.5. The third-order valence-electron chi connectivity index (χ3n) is 6.71. The fraction of sp³-hybridized carbons (Fsp3) is 0.619. The standard InChI is InChI=1S/C21H26N2O3/c24-19(18-11-21(12-18)13-26-20(25)22-21)23-8-6-15(7-9-23)17-3-1-2-16(10-17)14-4-5-14/h1-3,10,14-15,18H,4-9,11-13H2,(H,22,25)/t18-,21+. The Morgan fingerprint density at radius 2 is 1.73 bits per heavy atom. The van der Waals surface area contributed by atoms with Gasteiger partial charge >= 0.3 is 6.09 Å². The predicted molar refractivity (Wildman–Crippen MR) is 96.9 cm³/mol. The highest BCUT2D eigenvalue weighted by Crippen LogP contribution is 2.43. The largest absolute Gasteiger partial charge is 0.447 e. The Hall–Kier alpha value is -2.04. The Balaban J connectivity index is 1.15. The van der Waals surface area contributed by atoms with Crippen molar-refractivity contribution < 1.29 is 14.3 Å². The lowest BCUT2D eigenvalue weighted by Gasteiger charge is -2.45. The number of carbonyl (C=O) groups excluding carboxylic acids is 2. The molecule has 1 spiro atoms. The first kappa shape index (κ1) is 16.2. The van der Waals surface area contributed by atoms with E-state index in [1.165, 1.54) is 24.0 Å². The Labute approximate surface area is 154 Å². The van der Waals surface area contributed by atoms with E-state index >= 15 is 0 Å². The van der Waals surface area contributed by atoms with Crippen LogP contribution in [0.15, 0.2) is 24.3 Å². The van der Waals surface area contributed by atoms with Crippen LogP contribution in [0.25, 0.3) is 0 Å². The number of likely N-dealkylation sites (tertiary alicyclic amines) is 1. The fourth-order valence-electron chi connectivity index (χ4n) is 4.95. The van der Waals surface area contributed by atoms with Gasteiger partial charge in [-0.25, -0.2) is 4.79 Å². The molecule has 0 radical (unpaired) electrons. The van der Waals surface area contributed by atoms with Gasteiger partial charge in [-0.15, -0.1) is 0 Å². The van der Waals surface area contributed by atoms with Crippen LogP contribution in [0.2, 0.25) is 0 Å². The number of nitrogens with one attached hydrogen (secondary N) is 1. The van der Waals surface area contributed by atoms with Crippen LogP contribution in [0.5, 0.6) is 0 Å². The van der Waals surface area contributed by atoms with Crippen LogP contribution < -0.4 is 5.32 Å². The number of carbonyl (C=O) groups is 2. The highest BCUT2D eigenvalue weighted by molar-refractivity contribution is 5.81. The summed E-state index contributed by atoms with van der Waals surface area (Å²) < 4.78 is 5.00. The van der Waals surface area contributed by atoms with E-state index in [0.717, 1.165) is 44.7 Å². The summed E-state index contributed by atoms with van der Waals surface area (Å²) in [7, 11) is 0. The zero-order valence-corrected chi connectivity index (χ0v) is 15.1. The van der Waals surface area contributed by atoms with Gasteiger partial charge in [0.2, 0.25) is 5.91 Å². The molecule has 0 aromatic heterocycles. The smallest absolute Gasteiger partial charge is 0.407 e. The van der Waals surface area contributed by atoms with Crippen molar-refractivity contribution >= 4 is 12.0 Å². The maximum atomic E-state index is 12.8. The third-order valence-corrected chi connectivity index (χ3v) is 6.71. The molecule has 5 heteroatoms. The quantitative estimate of drug-likeness (QED) is 0.907. The second kappa shape index (κ2) is 6.00. The Bertz CT molecular complexity index is 729. The topological polar surface area (TPSA) is 58.6 Å². The van der Waals surface area contributed by atoms with E-state index in [9.17, 15) is 9.59 Å². The molecule has 138 valence electrons. The molecular formula is C21H26N2O3. The van der Waals surface area contributed by atoms with Crippen molar-refractivity contribution in [1.82, 2.24) is 10.2 Å². The summed E-state index contributed by atoms with van der Waals surface area (Å²) in [6, 6.07) is 9.12. The van der Waals surface area contributed by atoms with E-state index in [4.69, 9.17) is 4.74 Å². The average molecular weight is 354 g/mol. The molecular weight excluding hydrogens is 328 g/mol. The van der Waals surface area contributed by atoms with Crippen molar-refractivity contribution in [1.29, 1.82) is 0 Å². The number of ether oxygens (including phenoxy) is 1. The van der Waals surface area contributed by atoms with E-state index in [0.29, 0.717) is 12.5 Å². The fourth-order valence-corrected chi connectivity index (χ4v) is 4.95. The molecule has 5 nitrogen and oxygen atoms in total. The number of cyclic esters (lactones) is 1. The number of benzene rings is 1. The number of nitrogens with zero attached hydrogens (tertiary/aromatic N) is 1. The van der Waals surface area contributed by atoms with Crippen molar-refractivity contribution in [2.45, 2.75) is 55.9 Å². The minimum absolute atomic E-state index is 0.0479. The molecule has 1 aromatic rings. The molecule has 0 atom stereocenters. The molecule has 0 bridgehead atoms. The van der Waals surface area contributed by atoms with Gasteiger partial charge in [-0.2, -0.15) is 0 Å². The van der Waals surface area contributed by atoms with Gasteiger partial charge in [-0.3, -0.25) is 4.79 Å². The highest BCUT2D eigenvalue weighted by atomic mass is 16.6. The number of hydrogen-bond acceptors (Lipinski definition) is 3. The minimum atomic E-state index is -0.342. The lowest BCUT2D eigenvalue weighted by atomic mass is 9.68. The maximum Gasteiger partial charge on any atom is 0.407 e. The van der Waals surface area contributed by atoms with Crippen LogP contribution in [-0.4, -0.2) is 42.1 Å². The van der Waals surface area contributed by atoms with Crippen molar-refractivity contribution in [2.75, 3.05) is 19.7 Å². The Morgan fingerprint density at radius 1 is 1.08 bits per heavy atom. The maximum absolute atomic E-state index is 12.8. The van der Waals surface area contributed by atoms with Gasteiger partial charge in [0.15, 0.2) is 0 Å². The summed E-state index contributed by atoms with van der Waals surface area (Å²) in [5.41, 5.74) is 2.69. The lowest BCUT2D eigenvalue weighted by molar-refractivity contribution is -0.142. The van der Waals surface area contributed by atoms with Gasteiger partial charge in [0.25, 0.3) is 0 Å². The first-order valence-corrected chi connectivity index (χ1v) is 9.95. The van der Waals surface area contributed by atoms with Crippen LogP contribution in [0.1, 0.15) is 61.5 Å². The Kier molecular flexibility index (Phi) is 3.73. The zero-order valence-electron chi connectivity index (χ0n) is 15.1. The predicted octanol–water partition coefficient (Wildman–Crippen LogP) is 3.16. The van der Waals surface area contributed by atoms with E-state index in [-0.39, 0.29) is 23.5 Å². The van der Waals surface area contributed by atoms with E-state index in [2.05, 4.69) is 29.6 Å². The summed E-state index contributed by atoms with van der Waals surface area (Å²) in [6.45, 7) is 2.11. The molecule has 2 saturated carbocycles. The van der Waals surface area contributed by atoms with Crippen LogP contribution in [0.3, 0.4) is 0 Å². The molecule has 1 aromatic carbocycles. The summed E-state index contributed by atoms with van der Waals surface area (Å²) >= 11 is 0. The van der Waals surface area contributed by atoms with Gasteiger partial charge < -0.3 is 15.0 Å². The molecule has 2 amide bonds. The summed E-state index contributed by atoms with van der Waals surface area (Å²) in [4.78, 5) is 26.0. The van der Waals surface area contributed by atoms with Crippen molar-refractivity contribution in [3.8, 4) is 0 Å². The molecule has 4 aliphatic rings. The number of alkyl carbamates (subject to hydrolysis) is 1. The second-order valence-electron chi connectivity index (χ2n) is 8.63. The molecule has 26 heavy (non-hydrogen) atoms. The molecule has 2 aliphatic heterocycles. The first-order chi connectivity index (χ1) is 12.6. The molecule has 4 fully saturated rings. The molecule has 1 N–H and O–H groups in total. The van der Waals surface area contributed by atoms with Gasteiger partial charge in [0, 0.05) is 19.0 Å². The molecule has 5 rings (SSSR count). The molecule has 2 saturated heterocycles. The lowest BCUT2D eigenvalue weighted by Crippen LogP contribution is -2.58. The van der Waals surface area contributed by atoms with Crippen molar-refractivity contribution in [3.05, 3.63) is 35.4 Å². The van der Waals surface area contributed by atoms with E-state index in [1.54, 1.807) is 0 Å². The number of piperidine rings is 1. The van der Waals surface area contributed by atoms with Gasteiger partial charge in [0.1, 0.15) is 6.61 Å². The third kappa shape index (κ3) is 2.87. The van der Waals surface area contributed by atoms with Crippen LogP contribution in [-0.2, 0) is 9.53 Å². The number of amides is 2. The van der Waals surface area contributed by atoms with Crippen molar-refractivity contribution in [2.24, 2.45) is 5.92 Å². The van der Waals surface area contributed by atoms with E-state index in [1.807, 2.05) is 4.90 Å². The molecule has 2 aliphatic carbocycles. The SMILES string of the molecule is O=C1N[C@]2(CO1)C[C@H](C(=O)N1CCC(c3cccc(C4CC4)c3)CC1)C2. The van der Waals surface area contributed by atoms with Crippen LogP contribution >= 0.6 is 0 Å². The highest BCUT2D eigenvalue weighted by Gasteiger charge is 2.53. The Morgan fingerprint density at radius 3 is 2.31 bits per heavy atom. The minimum Gasteiger partial charge on any atom is -0.447 e. The van der Waals surface area contributed by atoms with Gasteiger partial charge in [0.05, 0.1) is 5.54 Å². The van der Waals surface area contributed by atoms with Crippen LogP contribution in [0.4, 0.5) is 4.79 Å². The van der Waals surface area contributed by atoms with Crippen LogP contribution in [0, 0.1) is 5.92 Å². The summed E-state index contributed by atoms with van der Waals surface area (Å²) in [5.74, 6) is 1.68. The molecule has 0 unspecified atom stereocenters. The average Bonchev–Trinajstić information content (AvgIpc) is 3.42. The summed E-state index contributed by atoms with van der Waals surface area (Å²) in [5, 5.41) is 2.87. The number of hydrogen-bond donors (Lipinski definition) is 1.